The molecule has 1 radical (unpaired) electrons. The van der Waals surface area contributed by atoms with Gasteiger partial charge >= 0.3 is 12.1 Å². The zero-order valence-corrected chi connectivity index (χ0v) is 3.54. The van der Waals surface area contributed by atoms with Crippen LogP contribution in [0.2, 0.25) is 0 Å². The number of nitrogens with one attached hydrogen (secondary N) is 2. The molecule has 0 spiro atoms. The van der Waals surface area contributed by atoms with Crippen LogP contribution < -0.4 is 11.3 Å². The molecule has 0 atom stereocenters. The molecule has 0 saturated heterocycles. The fraction of sp³-hybridized carbons (Fsp3) is 0.500. The summed E-state index contributed by atoms with van der Waals surface area (Å²) in [6.45, 7) is 0. The van der Waals surface area contributed by atoms with Crippen molar-refractivity contribution in [2.75, 3.05) is 0 Å². The van der Waals surface area contributed by atoms with E-state index in [1.54, 1.807) is 0 Å². The SMILES string of the molecule is [NH]NC(=O)C(F)(F)F. The largest absolute Gasteiger partial charge is 0.472 e. The average Bonchev–Trinajstić information content (AvgIpc) is 1.62. The Bertz CT molecular complexity index is 97.9. The Morgan fingerprint density at radius 2 is 1.88 bits per heavy atom. The van der Waals surface area contributed by atoms with Gasteiger partial charge in [0.25, 0.3) is 0 Å². The van der Waals surface area contributed by atoms with Gasteiger partial charge in [0.05, 0.1) is 0 Å². The lowest BCUT2D eigenvalue weighted by Crippen LogP contribution is -2.35. The maximum atomic E-state index is 10.9. The van der Waals surface area contributed by atoms with E-state index in [1.165, 1.54) is 0 Å². The van der Waals surface area contributed by atoms with Gasteiger partial charge in [-0.15, -0.1) is 0 Å². The minimum Gasteiger partial charge on any atom is -0.269 e. The summed E-state index contributed by atoms with van der Waals surface area (Å²) in [5.41, 5.74) is 0.691. The molecule has 0 aliphatic heterocycles. The van der Waals surface area contributed by atoms with Crippen LogP contribution in [0.5, 0.6) is 0 Å². The van der Waals surface area contributed by atoms with E-state index in [0.29, 0.717) is 5.43 Å². The first-order valence-electron chi connectivity index (χ1n) is 1.52. The fourth-order valence-corrected chi connectivity index (χ4v) is 0.0709. The Morgan fingerprint density at radius 3 is 1.88 bits per heavy atom. The quantitative estimate of drug-likeness (QED) is 0.452. The molecule has 3 nitrogen and oxygen atoms in total. The van der Waals surface area contributed by atoms with Crippen LogP contribution in [-0.4, -0.2) is 12.1 Å². The predicted octanol–water partition coefficient (Wildman–Crippen LogP) is -0.137. The number of carbonyl (C=O) groups is 1. The van der Waals surface area contributed by atoms with E-state index in [-0.39, 0.29) is 0 Å². The minimum absolute atomic E-state index is 0.691. The summed E-state index contributed by atoms with van der Waals surface area (Å²) in [5.74, 6) is 3.49. The third kappa shape index (κ3) is 1.78. The molecule has 0 rings (SSSR count). The van der Waals surface area contributed by atoms with Crippen LogP contribution >= 0.6 is 0 Å². The van der Waals surface area contributed by atoms with Crippen molar-refractivity contribution < 1.29 is 18.0 Å². The number of rotatable bonds is 0. The van der Waals surface area contributed by atoms with Gasteiger partial charge in [0, 0.05) is 0 Å². The van der Waals surface area contributed by atoms with Gasteiger partial charge in [0.1, 0.15) is 0 Å². The summed E-state index contributed by atoms with van der Waals surface area (Å²) >= 11 is 0. The van der Waals surface area contributed by atoms with Crippen LogP contribution in [0.25, 0.3) is 0 Å². The van der Waals surface area contributed by atoms with Gasteiger partial charge in [-0.25, -0.2) is 0 Å². The van der Waals surface area contributed by atoms with Crippen LogP contribution in [0.4, 0.5) is 13.2 Å². The van der Waals surface area contributed by atoms with Crippen LogP contribution in [-0.2, 0) is 4.79 Å². The Balaban J connectivity index is 3.82. The van der Waals surface area contributed by atoms with Crippen molar-refractivity contribution in [1.82, 2.24) is 11.3 Å². The molecule has 0 fully saturated rings. The van der Waals surface area contributed by atoms with Crippen LogP contribution in [0, 0.1) is 0 Å². The summed E-state index contributed by atoms with van der Waals surface area (Å²) in [5, 5.41) is 0. The van der Waals surface area contributed by atoms with E-state index in [4.69, 9.17) is 5.84 Å². The monoisotopic (exact) mass is 127 g/mol. The van der Waals surface area contributed by atoms with Crippen molar-refractivity contribution >= 4 is 5.91 Å². The molecule has 0 aliphatic rings. The Labute approximate surface area is 42.6 Å². The van der Waals surface area contributed by atoms with Crippen molar-refractivity contribution in [1.29, 1.82) is 0 Å². The van der Waals surface area contributed by atoms with Gasteiger partial charge in [0.15, 0.2) is 0 Å². The molecule has 0 aromatic heterocycles. The number of hydrogen-bond acceptors (Lipinski definition) is 1. The first-order valence-corrected chi connectivity index (χ1v) is 1.52. The van der Waals surface area contributed by atoms with E-state index >= 15 is 0 Å². The Kier molecular flexibility index (Phi) is 1.80. The number of amides is 1. The third-order valence-electron chi connectivity index (χ3n) is 0.371. The molecule has 0 saturated carbocycles. The lowest BCUT2D eigenvalue weighted by molar-refractivity contribution is -0.173. The van der Waals surface area contributed by atoms with E-state index < -0.39 is 12.1 Å². The van der Waals surface area contributed by atoms with Gasteiger partial charge in [-0.2, -0.15) is 19.0 Å². The number of halogens is 3. The molecular weight excluding hydrogens is 125 g/mol. The molecule has 0 bridgehead atoms. The summed E-state index contributed by atoms with van der Waals surface area (Å²) in [6.07, 6.45) is -4.93. The van der Waals surface area contributed by atoms with Gasteiger partial charge in [0.2, 0.25) is 0 Å². The molecule has 0 aromatic rings. The van der Waals surface area contributed by atoms with Gasteiger partial charge in [-0.05, 0) is 0 Å². The van der Waals surface area contributed by atoms with E-state index in [1.807, 2.05) is 0 Å². The molecule has 2 N–H and O–H groups in total. The summed E-state index contributed by atoms with van der Waals surface area (Å²) in [6, 6.07) is 0. The summed E-state index contributed by atoms with van der Waals surface area (Å²) in [4.78, 5) is 9.41. The second kappa shape index (κ2) is 1.99. The van der Waals surface area contributed by atoms with Crippen molar-refractivity contribution in [3.05, 3.63) is 0 Å². The lowest BCUT2D eigenvalue weighted by atomic mass is 10.6. The fourth-order valence-electron chi connectivity index (χ4n) is 0.0709. The molecule has 0 aromatic carbocycles. The standard InChI is InChI=1S/C2H2F3N2O/c3-2(4,5)1(8)7-6/h6H,(H,7,8). The van der Waals surface area contributed by atoms with Crippen molar-refractivity contribution in [3.8, 4) is 0 Å². The number of carbonyl (C=O) groups excluding carboxylic acids is 1. The maximum absolute atomic E-state index is 10.9. The number of hydrogen-bond donors (Lipinski definition) is 1. The predicted molar refractivity (Wildman–Crippen MR) is 17.3 cm³/mol. The minimum atomic E-state index is -4.93. The average molecular weight is 127 g/mol. The highest BCUT2D eigenvalue weighted by atomic mass is 19.4. The third-order valence-corrected chi connectivity index (χ3v) is 0.371. The molecule has 47 valence electrons. The molecule has 0 aliphatic carbocycles. The van der Waals surface area contributed by atoms with E-state index in [2.05, 4.69) is 0 Å². The zero-order chi connectivity index (χ0) is 6.78. The van der Waals surface area contributed by atoms with Crippen LogP contribution in [0.1, 0.15) is 0 Å². The zero-order valence-electron chi connectivity index (χ0n) is 3.54. The van der Waals surface area contributed by atoms with E-state index in [9.17, 15) is 18.0 Å². The first kappa shape index (κ1) is 7.22. The van der Waals surface area contributed by atoms with Crippen LogP contribution in [0.15, 0.2) is 0 Å². The summed E-state index contributed by atoms with van der Waals surface area (Å²) in [7, 11) is 0. The molecule has 0 heterocycles. The number of alkyl halides is 3. The van der Waals surface area contributed by atoms with Crippen molar-refractivity contribution in [3.63, 3.8) is 0 Å². The highest BCUT2D eigenvalue weighted by Crippen LogP contribution is 2.12. The second-order valence-corrected chi connectivity index (χ2v) is 0.952. The lowest BCUT2D eigenvalue weighted by Gasteiger charge is -1.99. The Hall–Kier alpha value is -0.780. The maximum Gasteiger partial charge on any atom is 0.472 e. The molecular formula is C2H2F3N2O. The summed E-state index contributed by atoms with van der Waals surface area (Å²) < 4.78 is 32.8. The topological polar surface area (TPSA) is 52.9 Å². The van der Waals surface area contributed by atoms with E-state index in [0.717, 1.165) is 0 Å². The highest BCUT2D eigenvalue weighted by Gasteiger charge is 2.37. The van der Waals surface area contributed by atoms with Gasteiger partial charge < -0.3 is 0 Å². The van der Waals surface area contributed by atoms with Gasteiger partial charge in [-0.1, -0.05) is 0 Å². The molecule has 1 amide bonds. The molecule has 0 unspecified atom stereocenters. The normalized spacial score (nSPS) is 11.0. The van der Waals surface area contributed by atoms with Gasteiger partial charge in [-0.3, -0.25) is 10.2 Å². The highest BCUT2D eigenvalue weighted by molar-refractivity contribution is 5.80. The second-order valence-electron chi connectivity index (χ2n) is 0.952. The first-order chi connectivity index (χ1) is 3.48. The molecule has 6 heteroatoms. The van der Waals surface area contributed by atoms with Crippen molar-refractivity contribution in [2.24, 2.45) is 0 Å². The smallest absolute Gasteiger partial charge is 0.269 e. The van der Waals surface area contributed by atoms with Crippen molar-refractivity contribution in [2.45, 2.75) is 6.18 Å². The van der Waals surface area contributed by atoms with Crippen LogP contribution in [0.3, 0.4) is 0 Å². The molecule has 8 heavy (non-hydrogen) atoms. The Morgan fingerprint density at radius 1 is 1.50 bits per heavy atom.